The molecule has 100 valence electrons. The van der Waals surface area contributed by atoms with Crippen LogP contribution in [0.2, 0.25) is 0 Å². The molecule has 2 rings (SSSR count). The van der Waals surface area contributed by atoms with Crippen LogP contribution in [0, 0.1) is 0 Å². The van der Waals surface area contributed by atoms with Gasteiger partial charge in [0.25, 0.3) is 0 Å². The molecule has 6 heteroatoms. The molecule has 0 radical (unpaired) electrons. The lowest BCUT2D eigenvalue weighted by molar-refractivity contribution is -0.105. The summed E-state index contributed by atoms with van der Waals surface area (Å²) in [7, 11) is 1.93. The minimum atomic E-state index is 0.288. The van der Waals surface area contributed by atoms with Crippen LogP contribution in [-0.2, 0) is 11.8 Å². The fourth-order valence-corrected chi connectivity index (χ4v) is 2.80. The van der Waals surface area contributed by atoms with Gasteiger partial charge < -0.3 is 9.88 Å². The quantitative estimate of drug-likeness (QED) is 0.651. The Labute approximate surface area is 116 Å². The second kappa shape index (κ2) is 6.38. The molecule has 0 spiro atoms. The smallest absolute Gasteiger partial charge is 0.211 e. The average Bonchev–Trinajstić information content (AvgIpc) is 2.82. The second-order valence-electron chi connectivity index (χ2n) is 4.13. The predicted octanol–water partition coefficient (Wildman–Crippen LogP) is 2.63. The van der Waals surface area contributed by atoms with E-state index in [1.807, 2.05) is 29.8 Å². The monoisotopic (exact) mass is 276 g/mol. The zero-order chi connectivity index (χ0) is 13.7. The fourth-order valence-electron chi connectivity index (χ4n) is 1.79. The van der Waals surface area contributed by atoms with E-state index in [1.165, 1.54) is 5.56 Å². The number of rotatable bonds is 6. The molecule has 0 aliphatic heterocycles. The normalized spacial score (nSPS) is 12.1. The van der Waals surface area contributed by atoms with E-state index in [0.717, 1.165) is 17.3 Å². The number of anilines is 1. The molecule has 19 heavy (non-hydrogen) atoms. The molecule has 5 nitrogen and oxygen atoms in total. The molecule has 1 heterocycles. The highest BCUT2D eigenvalue weighted by Crippen LogP contribution is 2.36. The molecule has 1 aromatic heterocycles. The maximum Gasteiger partial charge on any atom is 0.211 e. The lowest BCUT2D eigenvalue weighted by atomic mass is 10.1. The van der Waals surface area contributed by atoms with Gasteiger partial charge >= 0.3 is 0 Å². The zero-order valence-electron chi connectivity index (χ0n) is 10.9. The minimum absolute atomic E-state index is 0.288. The molecule has 0 saturated heterocycles. The third-order valence-electron chi connectivity index (χ3n) is 2.77. The Morgan fingerprint density at radius 2 is 2.37 bits per heavy atom. The molecule has 2 aromatic rings. The molecule has 1 atom stereocenters. The molecule has 0 aliphatic rings. The van der Waals surface area contributed by atoms with Gasteiger partial charge in [-0.2, -0.15) is 0 Å². The van der Waals surface area contributed by atoms with Crippen LogP contribution in [0.3, 0.4) is 0 Å². The molecule has 1 N–H and O–H groups in total. The third kappa shape index (κ3) is 3.35. The van der Waals surface area contributed by atoms with Crippen LogP contribution in [0.15, 0.2) is 35.7 Å². The minimum Gasteiger partial charge on any atom is -0.329 e. The van der Waals surface area contributed by atoms with Gasteiger partial charge in [0.1, 0.15) is 6.33 Å². The van der Waals surface area contributed by atoms with E-state index in [4.69, 9.17) is 0 Å². The number of hydrogen-bond acceptors (Lipinski definition) is 4. The maximum absolute atomic E-state index is 10.5. The largest absolute Gasteiger partial charge is 0.329 e. The first-order valence-corrected chi connectivity index (χ1v) is 6.93. The van der Waals surface area contributed by atoms with Crippen molar-refractivity contribution < 1.29 is 4.79 Å². The van der Waals surface area contributed by atoms with Crippen molar-refractivity contribution in [1.29, 1.82) is 0 Å². The Hall–Kier alpha value is -1.82. The van der Waals surface area contributed by atoms with Gasteiger partial charge in [0, 0.05) is 18.0 Å². The van der Waals surface area contributed by atoms with Crippen molar-refractivity contribution in [3.63, 3.8) is 0 Å². The van der Waals surface area contributed by atoms with E-state index in [9.17, 15) is 4.79 Å². The van der Waals surface area contributed by atoms with Crippen LogP contribution in [0.4, 0.5) is 5.69 Å². The van der Waals surface area contributed by atoms with E-state index in [1.54, 1.807) is 18.1 Å². The van der Waals surface area contributed by atoms with Crippen LogP contribution >= 0.6 is 11.8 Å². The van der Waals surface area contributed by atoms with Crippen molar-refractivity contribution in [3.8, 4) is 0 Å². The first-order chi connectivity index (χ1) is 9.24. The van der Waals surface area contributed by atoms with Crippen molar-refractivity contribution in [2.24, 2.45) is 7.05 Å². The summed E-state index contributed by atoms with van der Waals surface area (Å²) in [6.07, 6.45) is 3.36. The third-order valence-corrected chi connectivity index (χ3v) is 4.24. The topological polar surface area (TPSA) is 59.8 Å². The lowest BCUT2D eigenvalue weighted by Crippen LogP contribution is -1.99. The van der Waals surface area contributed by atoms with E-state index in [-0.39, 0.29) is 5.25 Å². The summed E-state index contributed by atoms with van der Waals surface area (Å²) >= 11 is 1.68. The maximum atomic E-state index is 10.5. The van der Waals surface area contributed by atoms with Crippen LogP contribution in [-0.4, -0.2) is 21.2 Å². The Bertz CT molecular complexity index is 555. The number of benzene rings is 1. The Kier molecular flexibility index (Phi) is 4.57. The number of carbonyl (C=O) groups is 1. The van der Waals surface area contributed by atoms with Crippen molar-refractivity contribution in [3.05, 3.63) is 36.2 Å². The SMILES string of the molecule is CCC(Sc1nncn1C)c1cccc(NC=O)c1. The first kappa shape index (κ1) is 13.6. The molecule has 0 saturated carbocycles. The van der Waals surface area contributed by atoms with Crippen molar-refractivity contribution in [2.45, 2.75) is 23.8 Å². The van der Waals surface area contributed by atoms with Crippen molar-refractivity contribution in [1.82, 2.24) is 14.8 Å². The van der Waals surface area contributed by atoms with Gasteiger partial charge in [-0.3, -0.25) is 4.79 Å². The standard InChI is InChI=1S/C13H16N4OS/c1-3-12(19-13-16-15-8-17(13)2)10-5-4-6-11(7-10)14-9-18/h4-9,12H,3H2,1-2H3,(H,14,18). The Morgan fingerprint density at radius 3 is 3.00 bits per heavy atom. The summed E-state index contributed by atoms with van der Waals surface area (Å²) in [5.74, 6) is 0. The number of nitrogens with zero attached hydrogens (tertiary/aromatic N) is 3. The highest BCUT2D eigenvalue weighted by atomic mass is 32.2. The lowest BCUT2D eigenvalue weighted by Gasteiger charge is -2.15. The van der Waals surface area contributed by atoms with Gasteiger partial charge in [-0.15, -0.1) is 10.2 Å². The number of aromatic nitrogens is 3. The molecule has 0 aliphatic carbocycles. The first-order valence-electron chi connectivity index (χ1n) is 6.05. The predicted molar refractivity (Wildman–Crippen MR) is 76.0 cm³/mol. The van der Waals surface area contributed by atoms with E-state index < -0.39 is 0 Å². The number of aryl methyl sites for hydroxylation is 1. The fraction of sp³-hybridized carbons (Fsp3) is 0.308. The Morgan fingerprint density at radius 1 is 1.53 bits per heavy atom. The summed E-state index contributed by atoms with van der Waals surface area (Å²) in [5.41, 5.74) is 1.98. The van der Waals surface area contributed by atoms with E-state index in [2.05, 4.69) is 28.5 Å². The zero-order valence-corrected chi connectivity index (χ0v) is 11.7. The van der Waals surface area contributed by atoms with Gasteiger partial charge in [0.2, 0.25) is 6.41 Å². The average molecular weight is 276 g/mol. The van der Waals surface area contributed by atoms with Crippen LogP contribution < -0.4 is 5.32 Å². The molecule has 0 bridgehead atoms. The highest BCUT2D eigenvalue weighted by molar-refractivity contribution is 7.99. The summed E-state index contributed by atoms with van der Waals surface area (Å²) < 4.78 is 1.90. The molecular formula is C13H16N4OS. The number of hydrogen-bond donors (Lipinski definition) is 1. The van der Waals surface area contributed by atoms with Crippen molar-refractivity contribution in [2.75, 3.05) is 5.32 Å². The van der Waals surface area contributed by atoms with Crippen LogP contribution in [0.25, 0.3) is 0 Å². The summed E-state index contributed by atoms with van der Waals surface area (Å²) in [4.78, 5) is 10.5. The van der Waals surface area contributed by atoms with E-state index >= 15 is 0 Å². The van der Waals surface area contributed by atoms with Gasteiger partial charge in [0.05, 0.1) is 0 Å². The molecule has 0 fully saturated rings. The van der Waals surface area contributed by atoms with Gasteiger partial charge in [-0.05, 0) is 24.1 Å². The van der Waals surface area contributed by atoms with Crippen LogP contribution in [0.1, 0.15) is 24.2 Å². The Balaban J connectivity index is 2.19. The molecule has 1 amide bonds. The summed E-state index contributed by atoms with van der Waals surface area (Å²) in [5, 5.41) is 11.8. The number of carbonyl (C=O) groups excluding carboxylic acids is 1. The summed E-state index contributed by atoms with van der Waals surface area (Å²) in [6.45, 7) is 2.13. The number of nitrogens with one attached hydrogen (secondary N) is 1. The van der Waals surface area contributed by atoms with Crippen molar-refractivity contribution >= 4 is 23.9 Å². The van der Waals surface area contributed by atoms with Crippen LogP contribution in [0.5, 0.6) is 0 Å². The second-order valence-corrected chi connectivity index (χ2v) is 5.30. The highest BCUT2D eigenvalue weighted by Gasteiger charge is 2.14. The molecule has 1 unspecified atom stereocenters. The number of thioether (sulfide) groups is 1. The van der Waals surface area contributed by atoms with Gasteiger partial charge in [-0.25, -0.2) is 0 Å². The van der Waals surface area contributed by atoms with Gasteiger partial charge in [-0.1, -0.05) is 30.8 Å². The number of amides is 1. The summed E-state index contributed by atoms with van der Waals surface area (Å²) in [6, 6.07) is 7.87. The molecular weight excluding hydrogens is 260 g/mol. The van der Waals surface area contributed by atoms with E-state index in [0.29, 0.717) is 6.41 Å². The molecule has 1 aromatic carbocycles. The van der Waals surface area contributed by atoms with Gasteiger partial charge in [0.15, 0.2) is 5.16 Å².